The van der Waals surface area contributed by atoms with Gasteiger partial charge in [-0.25, -0.2) is 0 Å². The Balaban J connectivity index is 1.29. The molecule has 0 radical (unpaired) electrons. The summed E-state index contributed by atoms with van der Waals surface area (Å²) in [6, 6.07) is 16.0. The molecule has 0 spiro atoms. The first-order valence-corrected chi connectivity index (χ1v) is 13.4. The summed E-state index contributed by atoms with van der Waals surface area (Å²) in [5.74, 6) is -0.0687. The van der Waals surface area contributed by atoms with Crippen LogP contribution in [-0.4, -0.2) is 59.7 Å². The van der Waals surface area contributed by atoms with Crippen molar-refractivity contribution in [2.24, 2.45) is 5.92 Å². The minimum absolute atomic E-state index is 0.00927. The van der Waals surface area contributed by atoms with Gasteiger partial charge in [0.2, 0.25) is 11.8 Å². The van der Waals surface area contributed by atoms with E-state index in [1.807, 2.05) is 66.1 Å². The predicted molar refractivity (Wildman–Crippen MR) is 142 cm³/mol. The highest BCUT2D eigenvalue weighted by molar-refractivity contribution is 5.95. The van der Waals surface area contributed by atoms with E-state index < -0.39 is 0 Å². The number of rotatable bonds is 6. The van der Waals surface area contributed by atoms with Crippen molar-refractivity contribution in [1.82, 2.24) is 15.1 Å². The molecule has 3 amide bonds. The Morgan fingerprint density at radius 1 is 0.917 bits per heavy atom. The summed E-state index contributed by atoms with van der Waals surface area (Å²) in [6.45, 7) is 8.53. The number of benzene rings is 2. The van der Waals surface area contributed by atoms with Crippen LogP contribution in [0, 0.1) is 19.8 Å². The molecule has 0 bridgehead atoms. The third-order valence-electron chi connectivity index (χ3n) is 7.61. The van der Waals surface area contributed by atoms with Gasteiger partial charge in [-0.05, 0) is 63.6 Å². The summed E-state index contributed by atoms with van der Waals surface area (Å²) < 4.78 is 0. The lowest BCUT2D eigenvalue weighted by Crippen LogP contribution is -2.51. The molecule has 2 fully saturated rings. The molecular weight excluding hydrogens is 450 g/mol. The maximum atomic E-state index is 13.2. The van der Waals surface area contributed by atoms with Gasteiger partial charge in [-0.2, -0.15) is 0 Å². The molecule has 2 aliphatic heterocycles. The standard InChI is InChI=1S/C30H39N3O3/c1-4-27(23-9-6-5-7-10-23)30(36)32-15-12-26(13-16-32)31-28(34)24-11-8-14-33(20-24)29(35)25-18-21(2)17-22(3)19-25/h5-7,9-10,17-19,24,26-27H,4,8,11-16,20H2,1-3H3,(H,31,34). The van der Waals surface area contributed by atoms with Gasteiger partial charge < -0.3 is 15.1 Å². The lowest BCUT2D eigenvalue weighted by atomic mass is 9.93. The van der Waals surface area contributed by atoms with Gasteiger partial charge in [-0.3, -0.25) is 14.4 Å². The zero-order valence-electron chi connectivity index (χ0n) is 21.8. The molecule has 6 heteroatoms. The maximum absolute atomic E-state index is 13.2. The van der Waals surface area contributed by atoms with Gasteiger partial charge in [0.1, 0.15) is 0 Å². The lowest BCUT2D eigenvalue weighted by molar-refractivity contribution is -0.134. The third-order valence-corrected chi connectivity index (χ3v) is 7.61. The second-order valence-electron chi connectivity index (χ2n) is 10.4. The van der Waals surface area contributed by atoms with Crippen LogP contribution in [0.1, 0.15) is 72.0 Å². The number of carbonyl (C=O) groups excluding carboxylic acids is 3. The molecule has 0 aromatic heterocycles. The number of nitrogens with one attached hydrogen (secondary N) is 1. The van der Waals surface area contributed by atoms with Crippen LogP contribution in [0.25, 0.3) is 0 Å². The molecular formula is C30H39N3O3. The van der Waals surface area contributed by atoms with Crippen molar-refractivity contribution in [2.45, 2.75) is 64.8 Å². The highest BCUT2D eigenvalue weighted by Crippen LogP contribution is 2.25. The van der Waals surface area contributed by atoms with E-state index in [1.54, 1.807) is 0 Å². The molecule has 4 rings (SSSR count). The van der Waals surface area contributed by atoms with E-state index in [2.05, 4.69) is 18.3 Å². The normalized spacial score (nSPS) is 19.6. The Morgan fingerprint density at radius 3 is 2.22 bits per heavy atom. The van der Waals surface area contributed by atoms with Crippen molar-refractivity contribution in [3.05, 3.63) is 70.8 Å². The van der Waals surface area contributed by atoms with E-state index in [1.165, 1.54) is 0 Å². The van der Waals surface area contributed by atoms with Crippen LogP contribution < -0.4 is 5.32 Å². The Kier molecular flexibility index (Phi) is 8.44. The fourth-order valence-corrected chi connectivity index (χ4v) is 5.68. The Labute approximate surface area is 215 Å². The molecule has 2 aliphatic rings. The predicted octanol–water partition coefficient (Wildman–Crippen LogP) is 4.46. The fraction of sp³-hybridized carbons (Fsp3) is 0.500. The van der Waals surface area contributed by atoms with Gasteiger partial charge in [0.25, 0.3) is 5.91 Å². The van der Waals surface area contributed by atoms with Crippen LogP contribution in [0.5, 0.6) is 0 Å². The summed E-state index contributed by atoms with van der Waals surface area (Å²) in [5, 5.41) is 3.23. The number of piperidine rings is 2. The maximum Gasteiger partial charge on any atom is 0.253 e. The molecule has 1 N–H and O–H groups in total. The van der Waals surface area contributed by atoms with Crippen molar-refractivity contribution < 1.29 is 14.4 Å². The van der Waals surface area contributed by atoms with Crippen LogP contribution in [-0.2, 0) is 9.59 Å². The van der Waals surface area contributed by atoms with E-state index in [9.17, 15) is 14.4 Å². The van der Waals surface area contributed by atoms with E-state index in [0.717, 1.165) is 48.8 Å². The van der Waals surface area contributed by atoms with Gasteiger partial charge in [0, 0.05) is 37.8 Å². The van der Waals surface area contributed by atoms with Crippen LogP contribution >= 0.6 is 0 Å². The molecule has 0 saturated carbocycles. The lowest BCUT2D eigenvalue weighted by Gasteiger charge is -2.36. The zero-order valence-corrected chi connectivity index (χ0v) is 21.8. The number of likely N-dealkylation sites (tertiary alicyclic amines) is 2. The number of hydrogen-bond acceptors (Lipinski definition) is 3. The number of carbonyl (C=O) groups is 3. The molecule has 6 nitrogen and oxygen atoms in total. The second-order valence-corrected chi connectivity index (χ2v) is 10.4. The van der Waals surface area contributed by atoms with Crippen LogP contribution in [0.2, 0.25) is 0 Å². The van der Waals surface area contributed by atoms with E-state index >= 15 is 0 Å². The minimum atomic E-state index is -0.184. The minimum Gasteiger partial charge on any atom is -0.353 e. The van der Waals surface area contributed by atoms with Crippen LogP contribution in [0.4, 0.5) is 0 Å². The quantitative estimate of drug-likeness (QED) is 0.652. The fourth-order valence-electron chi connectivity index (χ4n) is 5.68. The molecule has 2 saturated heterocycles. The van der Waals surface area contributed by atoms with Crippen molar-refractivity contribution in [1.29, 1.82) is 0 Å². The van der Waals surface area contributed by atoms with E-state index in [0.29, 0.717) is 31.7 Å². The highest BCUT2D eigenvalue weighted by Gasteiger charge is 2.32. The van der Waals surface area contributed by atoms with Gasteiger partial charge >= 0.3 is 0 Å². The number of nitrogens with zero attached hydrogens (tertiary/aromatic N) is 2. The van der Waals surface area contributed by atoms with Crippen molar-refractivity contribution in [3.63, 3.8) is 0 Å². The monoisotopic (exact) mass is 489 g/mol. The Hall–Kier alpha value is -3.15. The average molecular weight is 490 g/mol. The molecule has 36 heavy (non-hydrogen) atoms. The molecule has 2 heterocycles. The average Bonchev–Trinajstić information content (AvgIpc) is 2.89. The highest BCUT2D eigenvalue weighted by atomic mass is 16.2. The summed E-state index contributed by atoms with van der Waals surface area (Å²) in [4.78, 5) is 43.2. The summed E-state index contributed by atoms with van der Waals surface area (Å²) in [7, 11) is 0. The van der Waals surface area contributed by atoms with Crippen LogP contribution in [0.3, 0.4) is 0 Å². The molecule has 0 aliphatic carbocycles. The van der Waals surface area contributed by atoms with E-state index in [-0.39, 0.29) is 35.6 Å². The molecule has 2 unspecified atom stereocenters. The summed E-state index contributed by atoms with van der Waals surface area (Å²) in [5.41, 5.74) is 3.91. The Morgan fingerprint density at radius 2 is 1.58 bits per heavy atom. The number of hydrogen-bond donors (Lipinski definition) is 1. The van der Waals surface area contributed by atoms with Crippen molar-refractivity contribution in [3.8, 4) is 0 Å². The Bertz CT molecular complexity index is 1060. The van der Waals surface area contributed by atoms with Crippen molar-refractivity contribution in [2.75, 3.05) is 26.2 Å². The zero-order chi connectivity index (χ0) is 25.7. The number of amides is 3. The van der Waals surface area contributed by atoms with Crippen LogP contribution in [0.15, 0.2) is 48.5 Å². The molecule has 2 aromatic rings. The van der Waals surface area contributed by atoms with Gasteiger partial charge in [0.05, 0.1) is 11.8 Å². The number of aryl methyl sites for hydroxylation is 2. The smallest absolute Gasteiger partial charge is 0.253 e. The van der Waals surface area contributed by atoms with Crippen molar-refractivity contribution >= 4 is 17.7 Å². The first-order chi connectivity index (χ1) is 17.4. The van der Waals surface area contributed by atoms with E-state index in [4.69, 9.17) is 0 Å². The summed E-state index contributed by atoms with van der Waals surface area (Å²) in [6.07, 6.45) is 3.94. The largest absolute Gasteiger partial charge is 0.353 e. The molecule has 2 aromatic carbocycles. The second kappa shape index (κ2) is 11.7. The first kappa shape index (κ1) is 25.9. The molecule has 2 atom stereocenters. The molecule has 192 valence electrons. The topological polar surface area (TPSA) is 69.7 Å². The van der Waals surface area contributed by atoms with Gasteiger partial charge in [-0.15, -0.1) is 0 Å². The third kappa shape index (κ3) is 6.15. The van der Waals surface area contributed by atoms with Gasteiger partial charge in [0.15, 0.2) is 0 Å². The SMILES string of the molecule is CCC(C(=O)N1CCC(NC(=O)C2CCCN(C(=O)c3cc(C)cc(C)c3)C2)CC1)c1ccccc1. The summed E-state index contributed by atoms with van der Waals surface area (Å²) >= 11 is 0. The first-order valence-electron chi connectivity index (χ1n) is 13.4. The van der Waals surface area contributed by atoms with Gasteiger partial charge in [-0.1, -0.05) is 54.4 Å².